The lowest BCUT2D eigenvalue weighted by Crippen LogP contribution is -2.13. The summed E-state index contributed by atoms with van der Waals surface area (Å²) in [5.74, 6) is 1.41. The van der Waals surface area contributed by atoms with Gasteiger partial charge in [-0.05, 0) is 36.4 Å². The number of amides is 1. The van der Waals surface area contributed by atoms with E-state index < -0.39 is 10.8 Å². The van der Waals surface area contributed by atoms with E-state index in [1.54, 1.807) is 6.07 Å². The summed E-state index contributed by atoms with van der Waals surface area (Å²) >= 11 is 2.60. The molecule has 1 amide bonds. The molecule has 4 rings (SSSR count). The summed E-state index contributed by atoms with van der Waals surface area (Å²) in [4.78, 5) is 23.6. The molecule has 0 bridgehead atoms. The number of methoxy groups -OCH3 is 1. The van der Waals surface area contributed by atoms with Gasteiger partial charge in [0.1, 0.15) is 34.7 Å². The molecule has 0 fully saturated rings. The Kier molecular flexibility index (Phi) is 8.70. The Morgan fingerprint density at radius 3 is 2.76 bits per heavy atom. The molecule has 13 heteroatoms. The number of nitrogens with one attached hydrogen (secondary N) is 1. The number of thioether (sulfide) groups is 1. The second-order valence-corrected chi connectivity index (χ2v) is 9.67. The second kappa shape index (κ2) is 12.5. The van der Waals surface area contributed by atoms with E-state index >= 15 is 0 Å². The predicted octanol–water partition coefficient (Wildman–Crippen LogP) is 5.43. The van der Waals surface area contributed by atoms with Gasteiger partial charge >= 0.3 is 0 Å². The maximum Gasteiger partial charge on any atom is 0.284 e. The van der Waals surface area contributed by atoms with Crippen molar-refractivity contribution in [3.8, 4) is 28.9 Å². The number of para-hydroxylation sites is 1. The molecule has 0 saturated heterocycles. The van der Waals surface area contributed by atoms with Gasteiger partial charge in [-0.3, -0.25) is 20.2 Å². The van der Waals surface area contributed by atoms with Crippen LogP contribution in [0.1, 0.15) is 5.76 Å². The van der Waals surface area contributed by atoms with Crippen LogP contribution in [0.4, 0.5) is 10.8 Å². The summed E-state index contributed by atoms with van der Waals surface area (Å²) in [7, 11) is 1.41. The Morgan fingerprint density at radius 2 is 2.03 bits per heavy atom. The molecular formula is C25H19N5O6S2. The van der Waals surface area contributed by atoms with Crippen molar-refractivity contribution in [3.63, 3.8) is 0 Å². The number of nitriles is 1. The van der Waals surface area contributed by atoms with Gasteiger partial charge in [0.2, 0.25) is 5.13 Å². The minimum Gasteiger partial charge on any atom is -0.497 e. The zero-order chi connectivity index (χ0) is 26.9. The number of anilines is 1. The minimum absolute atomic E-state index is 0.170. The highest BCUT2D eigenvalue weighted by Gasteiger charge is 2.20. The van der Waals surface area contributed by atoms with Gasteiger partial charge < -0.3 is 13.9 Å². The van der Waals surface area contributed by atoms with Crippen LogP contribution in [0.25, 0.3) is 17.4 Å². The number of rotatable bonds is 11. The number of aromatic nitrogens is 2. The number of nitro benzene ring substituents is 1. The Balaban J connectivity index is 1.38. The van der Waals surface area contributed by atoms with Crippen molar-refractivity contribution in [2.45, 2.75) is 4.34 Å². The van der Waals surface area contributed by atoms with Crippen LogP contribution in [0, 0.1) is 21.4 Å². The van der Waals surface area contributed by atoms with Gasteiger partial charge in [-0.25, -0.2) is 0 Å². The standard InChI is InChI=1S/C25H19N5O6S2/c1-34-18-7-9-20(21(14-18)30(32)33)22-10-8-19(36-22)13-16(15-26)23(31)27-24-28-29-25(38-24)37-12-11-35-17-5-3-2-4-6-17/h2-10,13-14H,11-12H2,1H3,(H,27,28,31). The normalized spacial score (nSPS) is 11.0. The van der Waals surface area contributed by atoms with Crippen molar-refractivity contribution in [1.82, 2.24) is 10.2 Å². The fourth-order valence-corrected chi connectivity index (χ4v) is 4.79. The number of furan rings is 1. The molecule has 2 aromatic carbocycles. The summed E-state index contributed by atoms with van der Waals surface area (Å²) in [6, 6.07) is 18.6. The first kappa shape index (κ1) is 26.4. The van der Waals surface area contributed by atoms with Gasteiger partial charge in [0, 0.05) is 11.8 Å². The molecule has 0 radical (unpaired) electrons. The van der Waals surface area contributed by atoms with Crippen molar-refractivity contribution >= 4 is 45.9 Å². The molecule has 0 aliphatic heterocycles. The van der Waals surface area contributed by atoms with E-state index in [-0.39, 0.29) is 33.5 Å². The molecule has 0 aliphatic rings. The van der Waals surface area contributed by atoms with Crippen LogP contribution in [0.2, 0.25) is 0 Å². The van der Waals surface area contributed by atoms with Crippen LogP contribution >= 0.6 is 23.1 Å². The average molecular weight is 550 g/mol. The maximum atomic E-state index is 12.6. The average Bonchev–Trinajstić information content (AvgIpc) is 3.59. The Hall–Kier alpha value is -4.67. The van der Waals surface area contributed by atoms with E-state index in [4.69, 9.17) is 13.9 Å². The summed E-state index contributed by atoms with van der Waals surface area (Å²) in [6.45, 7) is 0.474. The predicted molar refractivity (Wildman–Crippen MR) is 142 cm³/mol. The number of hydrogen-bond donors (Lipinski definition) is 1. The first-order chi connectivity index (χ1) is 18.5. The third-order valence-corrected chi connectivity index (χ3v) is 6.83. The van der Waals surface area contributed by atoms with Crippen LogP contribution in [0.15, 0.2) is 75.0 Å². The molecular weight excluding hydrogens is 530 g/mol. The van der Waals surface area contributed by atoms with E-state index in [1.807, 2.05) is 36.4 Å². The van der Waals surface area contributed by atoms with Crippen molar-refractivity contribution < 1.29 is 23.6 Å². The van der Waals surface area contributed by atoms with Gasteiger partial charge in [0.25, 0.3) is 11.6 Å². The smallest absolute Gasteiger partial charge is 0.284 e. The second-order valence-electron chi connectivity index (χ2n) is 7.35. The van der Waals surface area contributed by atoms with E-state index in [2.05, 4.69) is 15.5 Å². The van der Waals surface area contributed by atoms with Gasteiger partial charge in [0.05, 0.1) is 30.3 Å². The van der Waals surface area contributed by atoms with E-state index in [0.717, 1.165) is 5.75 Å². The van der Waals surface area contributed by atoms with Crippen molar-refractivity contribution in [2.24, 2.45) is 0 Å². The molecule has 2 heterocycles. The molecule has 38 heavy (non-hydrogen) atoms. The van der Waals surface area contributed by atoms with Gasteiger partial charge in [-0.1, -0.05) is 41.3 Å². The quantitative estimate of drug-likeness (QED) is 0.0487. The maximum absolute atomic E-state index is 12.6. The molecule has 0 spiro atoms. The zero-order valence-electron chi connectivity index (χ0n) is 19.8. The zero-order valence-corrected chi connectivity index (χ0v) is 21.5. The van der Waals surface area contributed by atoms with Crippen LogP contribution in [-0.2, 0) is 4.79 Å². The van der Waals surface area contributed by atoms with Crippen LogP contribution in [0.5, 0.6) is 11.5 Å². The molecule has 0 atom stereocenters. The van der Waals surface area contributed by atoms with Gasteiger partial charge in [-0.2, -0.15) is 5.26 Å². The highest BCUT2D eigenvalue weighted by molar-refractivity contribution is 8.01. The van der Waals surface area contributed by atoms with Crippen LogP contribution < -0.4 is 14.8 Å². The molecule has 2 aromatic heterocycles. The summed E-state index contributed by atoms with van der Waals surface area (Å²) in [5.41, 5.74) is -0.216. The fraction of sp³-hybridized carbons (Fsp3) is 0.120. The van der Waals surface area contributed by atoms with Crippen LogP contribution in [0.3, 0.4) is 0 Å². The van der Waals surface area contributed by atoms with Gasteiger partial charge in [-0.15, -0.1) is 10.2 Å². The lowest BCUT2D eigenvalue weighted by atomic mass is 10.1. The Bertz CT molecular complexity index is 1510. The number of ether oxygens (including phenoxy) is 2. The summed E-state index contributed by atoms with van der Waals surface area (Å²) in [6.07, 6.45) is 1.24. The molecule has 0 unspecified atom stereocenters. The highest BCUT2D eigenvalue weighted by Crippen LogP contribution is 2.34. The van der Waals surface area contributed by atoms with E-state index in [0.29, 0.717) is 22.4 Å². The topological polar surface area (TPSA) is 153 Å². The third-order valence-electron chi connectivity index (χ3n) is 4.89. The molecule has 192 valence electrons. The Morgan fingerprint density at radius 1 is 1.21 bits per heavy atom. The molecule has 0 aliphatic carbocycles. The number of hydrogen-bond acceptors (Lipinski definition) is 11. The SMILES string of the molecule is COc1ccc(-c2ccc(C=C(C#N)C(=O)Nc3nnc(SCCOc4ccccc4)s3)o2)c([N+](=O)[O-])c1. The number of nitrogens with zero attached hydrogens (tertiary/aromatic N) is 4. The lowest BCUT2D eigenvalue weighted by molar-refractivity contribution is -0.384. The number of carbonyl (C=O) groups excluding carboxylic acids is 1. The van der Waals surface area contributed by atoms with Crippen LogP contribution in [-0.4, -0.2) is 40.5 Å². The molecule has 11 nitrogen and oxygen atoms in total. The largest absolute Gasteiger partial charge is 0.497 e. The number of carbonyl (C=O) groups is 1. The first-order valence-corrected chi connectivity index (χ1v) is 12.8. The molecule has 4 aromatic rings. The van der Waals surface area contributed by atoms with E-state index in [1.165, 1.54) is 60.5 Å². The number of nitro groups is 1. The van der Waals surface area contributed by atoms with Crippen molar-refractivity contribution in [2.75, 3.05) is 24.8 Å². The molecule has 0 saturated carbocycles. The lowest BCUT2D eigenvalue weighted by Gasteiger charge is -2.03. The minimum atomic E-state index is -0.694. The fourth-order valence-electron chi connectivity index (χ4n) is 3.15. The molecule has 1 N–H and O–H groups in total. The van der Waals surface area contributed by atoms with Crippen molar-refractivity contribution in [3.05, 3.63) is 82.1 Å². The van der Waals surface area contributed by atoms with Crippen molar-refractivity contribution in [1.29, 1.82) is 5.26 Å². The monoisotopic (exact) mass is 549 g/mol. The Labute approximate surface area is 224 Å². The highest BCUT2D eigenvalue weighted by atomic mass is 32.2. The van der Waals surface area contributed by atoms with E-state index in [9.17, 15) is 20.2 Å². The first-order valence-electron chi connectivity index (χ1n) is 11.0. The summed E-state index contributed by atoms with van der Waals surface area (Å²) in [5, 5.41) is 31.7. The van der Waals surface area contributed by atoms with Gasteiger partial charge in [0.15, 0.2) is 4.34 Å². The number of benzene rings is 2. The summed E-state index contributed by atoms with van der Waals surface area (Å²) < 4.78 is 17.0. The third kappa shape index (κ3) is 6.75.